The van der Waals surface area contributed by atoms with E-state index in [1.807, 2.05) is 12.2 Å². The number of carboxylic acids is 1. The van der Waals surface area contributed by atoms with E-state index in [-0.39, 0.29) is 34.6 Å². The predicted octanol–water partition coefficient (Wildman–Crippen LogP) is 2.06. The first-order valence-corrected chi connectivity index (χ1v) is 7.39. The molecule has 0 heterocycles. The Hall–Kier alpha value is -1.32. The van der Waals surface area contributed by atoms with Gasteiger partial charge in [-0.2, -0.15) is 0 Å². The maximum atomic E-state index is 12.6. The van der Waals surface area contributed by atoms with Crippen LogP contribution in [-0.2, 0) is 9.59 Å². The number of nitrogens with one attached hydrogen (secondary N) is 1. The van der Waals surface area contributed by atoms with Gasteiger partial charge in [0.1, 0.15) is 0 Å². The van der Waals surface area contributed by atoms with Crippen LogP contribution in [0.2, 0.25) is 0 Å². The molecule has 0 aromatic heterocycles. The smallest absolute Gasteiger partial charge is 0.307 e. The number of aliphatic carboxylic acids is 1. The first kappa shape index (κ1) is 13.7. The molecule has 3 rings (SSSR count). The molecule has 3 aliphatic carbocycles. The van der Waals surface area contributed by atoms with E-state index in [2.05, 4.69) is 33.0 Å². The average Bonchev–Trinajstić information content (AvgIpc) is 2.82. The number of carbonyl (C=O) groups is 2. The molecule has 2 saturated carbocycles. The van der Waals surface area contributed by atoms with Gasteiger partial charge in [-0.15, -0.1) is 0 Å². The van der Waals surface area contributed by atoms with Crippen LogP contribution in [-0.4, -0.2) is 23.0 Å². The van der Waals surface area contributed by atoms with Crippen LogP contribution >= 0.6 is 0 Å². The zero-order chi connectivity index (χ0) is 14.9. The highest BCUT2D eigenvalue weighted by Crippen LogP contribution is 2.63. The Morgan fingerprint density at radius 3 is 2.00 bits per heavy atom. The Morgan fingerprint density at radius 1 is 1.05 bits per heavy atom. The number of hydrogen-bond donors (Lipinski definition) is 2. The van der Waals surface area contributed by atoms with Gasteiger partial charge in [0, 0.05) is 6.04 Å². The van der Waals surface area contributed by atoms with Crippen LogP contribution in [0.4, 0.5) is 0 Å². The van der Waals surface area contributed by atoms with Gasteiger partial charge in [0.2, 0.25) is 5.91 Å². The van der Waals surface area contributed by atoms with Gasteiger partial charge < -0.3 is 10.4 Å². The number of fused-ring (bicyclic) bond motifs is 2. The van der Waals surface area contributed by atoms with Crippen molar-refractivity contribution in [1.82, 2.24) is 5.32 Å². The SMILES string of the molecule is CC1(C)C(NC(=O)[C@H]2C3C=CC(C3)[C@H]2C(=O)O)C1(C)C. The number of rotatable bonds is 3. The van der Waals surface area contributed by atoms with E-state index in [1.165, 1.54) is 0 Å². The summed E-state index contributed by atoms with van der Waals surface area (Å²) in [5, 5.41) is 12.5. The molecule has 4 heteroatoms. The quantitative estimate of drug-likeness (QED) is 0.776. The van der Waals surface area contributed by atoms with E-state index >= 15 is 0 Å². The average molecular weight is 277 g/mol. The van der Waals surface area contributed by atoms with E-state index in [0.717, 1.165) is 6.42 Å². The van der Waals surface area contributed by atoms with Crippen LogP contribution in [0.15, 0.2) is 12.2 Å². The molecule has 2 bridgehead atoms. The molecule has 4 atom stereocenters. The zero-order valence-electron chi connectivity index (χ0n) is 12.5. The lowest BCUT2D eigenvalue weighted by Crippen LogP contribution is -2.42. The van der Waals surface area contributed by atoms with Gasteiger partial charge in [-0.1, -0.05) is 39.8 Å². The second-order valence-electron chi connectivity index (χ2n) is 7.72. The highest BCUT2D eigenvalue weighted by atomic mass is 16.4. The van der Waals surface area contributed by atoms with Gasteiger partial charge in [0.05, 0.1) is 11.8 Å². The summed E-state index contributed by atoms with van der Waals surface area (Å²) < 4.78 is 0. The topological polar surface area (TPSA) is 66.4 Å². The van der Waals surface area contributed by atoms with Gasteiger partial charge in [-0.05, 0) is 29.1 Å². The fourth-order valence-corrected chi connectivity index (χ4v) is 4.31. The molecule has 2 N–H and O–H groups in total. The number of hydrogen-bond acceptors (Lipinski definition) is 2. The molecule has 1 amide bonds. The lowest BCUT2D eigenvalue weighted by Gasteiger charge is -2.24. The van der Waals surface area contributed by atoms with Crippen molar-refractivity contribution in [3.05, 3.63) is 12.2 Å². The van der Waals surface area contributed by atoms with Crippen molar-refractivity contribution in [3.63, 3.8) is 0 Å². The monoisotopic (exact) mass is 277 g/mol. The summed E-state index contributed by atoms with van der Waals surface area (Å²) in [7, 11) is 0. The van der Waals surface area contributed by atoms with Gasteiger partial charge in [0.15, 0.2) is 0 Å². The normalized spacial score (nSPS) is 39.8. The van der Waals surface area contributed by atoms with Gasteiger partial charge in [0.25, 0.3) is 0 Å². The third-order valence-electron chi connectivity index (χ3n) is 6.35. The number of carboxylic acid groups (broad SMARTS) is 1. The first-order chi connectivity index (χ1) is 9.18. The minimum atomic E-state index is -0.837. The highest BCUT2D eigenvalue weighted by Gasteiger charge is 2.66. The highest BCUT2D eigenvalue weighted by molar-refractivity contribution is 5.87. The summed E-state index contributed by atoms with van der Waals surface area (Å²) in [5.41, 5.74) is 0.156. The largest absolute Gasteiger partial charge is 0.481 e. The standard InChI is InChI=1S/C16H23NO3/c1-15(2)14(16(15,3)4)17-12(18)10-8-5-6-9(7-8)11(10)13(19)20/h5-6,8-11,14H,7H2,1-4H3,(H,17,18)(H,19,20)/t8?,9?,10-,11+/m0/s1. The van der Waals surface area contributed by atoms with Crippen molar-refractivity contribution in [2.45, 2.75) is 40.2 Å². The second kappa shape index (κ2) is 3.86. The van der Waals surface area contributed by atoms with E-state index in [1.54, 1.807) is 0 Å². The van der Waals surface area contributed by atoms with Gasteiger partial charge in [-0.25, -0.2) is 0 Å². The molecule has 0 radical (unpaired) electrons. The zero-order valence-corrected chi connectivity index (χ0v) is 12.5. The Bertz CT molecular complexity index is 492. The summed E-state index contributed by atoms with van der Waals surface area (Å²) in [4.78, 5) is 24.0. The summed E-state index contributed by atoms with van der Waals surface area (Å²) in [6.45, 7) is 8.58. The van der Waals surface area contributed by atoms with E-state index in [0.29, 0.717) is 0 Å². The van der Waals surface area contributed by atoms with E-state index in [4.69, 9.17) is 0 Å². The van der Waals surface area contributed by atoms with Crippen LogP contribution in [0.25, 0.3) is 0 Å². The molecular weight excluding hydrogens is 254 g/mol. The maximum absolute atomic E-state index is 12.6. The van der Waals surface area contributed by atoms with Crippen LogP contribution in [0, 0.1) is 34.5 Å². The number of allylic oxidation sites excluding steroid dienone is 2. The lowest BCUT2D eigenvalue weighted by molar-refractivity contribution is -0.147. The maximum Gasteiger partial charge on any atom is 0.307 e. The molecule has 0 spiro atoms. The Kier molecular flexibility index (Phi) is 2.64. The minimum absolute atomic E-state index is 0.0356. The van der Waals surface area contributed by atoms with Crippen molar-refractivity contribution < 1.29 is 14.7 Å². The molecule has 2 unspecified atom stereocenters. The molecule has 20 heavy (non-hydrogen) atoms. The lowest BCUT2D eigenvalue weighted by atomic mass is 9.82. The summed E-state index contributed by atoms with van der Waals surface area (Å²) in [6, 6.07) is 0.139. The molecule has 0 aromatic rings. The number of carbonyl (C=O) groups excluding carboxylic acids is 1. The van der Waals surface area contributed by atoms with Gasteiger partial charge in [-0.3, -0.25) is 9.59 Å². The molecule has 0 aliphatic heterocycles. The molecule has 0 saturated heterocycles. The van der Waals surface area contributed by atoms with Crippen LogP contribution < -0.4 is 5.32 Å². The van der Waals surface area contributed by atoms with Crippen molar-refractivity contribution in [2.75, 3.05) is 0 Å². The van der Waals surface area contributed by atoms with E-state index in [9.17, 15) is 14.7 Å². The number of amides is 1. The van der Waals surface area contributed by atoms with Crippen molar-refractivity contribution in [1.29, 1.82) is 0 Å². The summed E-state index contributed by atoms with van der Waals surface area (Å²) in [6.07, 6.45) is 4.81. The minimum Gasteiger partial charge on any atom is -0.481 e. The Morgan fingerprint density at radius 2 is 1.55 bits per heavy atom. The molecule has 2 fully saturated rings. The first-order valence-electron chi connectivity index (χ1n) is 7.39. The summed E-state index contributed by atoms with van der Waals surface area (Å²) >= 11 is 0. The fraction of sp³-hybridized carbons (Fsp3) is 0.750. The van der Waals surface area contributed by atoms with Crippen LogP contribution in [0.5, 0.6) is 0 Å². The molecule has 110 valence electrons. The Balaban J connectivity index is 1.75. The predicted molar refractivity (Wildman–Crippen MR) is 74.8 cm³/mol. The van der Waals surface area contributed by atoms with Crippen molar-refractivity contribution in [2.24, 2.45) is 34.5 Å². The van der Waals surface area contributed by atoms with Crippen LogP contribution in [0.1, 0.15) is 34.1 Å². The molecule has 3 aliphatic rings. The molecule has 0 aromatic carbocycles. The third-order valence-corrected chi connectivity index (χ3v) is 6.35. The van der Waals surface area contributed by atoms with Crippen molar-refractivity contribution >= 4 is 11.9 Å². The summed E-state index contributed by atoms with van der Waals surface area (Å²) in [5.74, 6) is -1.71. The Labute approximate surface area is 119 Å². The van der Waals surface area contributed by atoms with Gasteiger partial charge >= 0.3 is 5.97 Å². The fourth-order valence-electron chi connectivity index (χ4n) is 4.31. The van der Waals surface area contributed by atoms with Crippen LogP contribution in [0.3, 0.4) is 0 Å². The second-order valence-corrected chi connectivity index (χ2v) is 7.72. The molecule has 4 nitrogen and oxygen atoms in total. The van der Waals surface area contributed by atoms with E-state index < -0.39 is 17.8 Å². The van der Waals surface area contributed by atoms with Crippen molar-refractivity contribution in [3.8, 4) is 0 Å². The third kappa shape index (κ3) is 1.60. The molecular formula is C16H23NO3.